The van der Waals surface area contributed by atoms with Gasteiger partial charge in [-0.05, 0) is 56.5 Å². The highest BCUT2D eigenvalue weighted by Crippen LogP contribution is 2.38. The average molecular weight is 768 g/mol. The highest BCUT2D eigenvalue weighted by Gasteiger charge is 2.19. The molecule has 6 aromatic rings. The number of aromatic nitrogens is 2. The molecule has 0 saturated carbocycles. The monoisotopic (exact) mass is 767 g/mol. The molecule has 54 heavy (non-hydrogen) atoms. The van der Waals surface area contributed by atoms with Crippen molar-refractivity contribution in [2.45, 2.75) is 26.6 Å². The molecule has 2 N–H and O–H groups in total. The maximum absolute atomic E-state index is 11.4. The summed E-state index contributed by atoms with van der Waals surface area (Å²) < 4.78 is 43.3. The molecule has 0 atom stereocenters. The number of ether oxygens (including phenoxy) is 1. The molecule has 0 radical (unpaired) electrons. The van der Waals surface area contributed by atoms with Crippen LogP contribution in [0.5, 0.6) is 11.5 Å². The molecule has 0 saturated heterocycles. The number of pyridine rings is 1. The van der Waals surface area contributed by atoms with Crippen molar-refractivity contribution in [1.82, 2.24) is 0 Å². The minimum Gasteiger partial charge on any atom is -0.743 e. The third-order valence-electron chi connectivity index (χ3n) is 9.14. The summed E-state index contributed by atoms with van der Waals surface area (Å²) in [4.78, 5) is 4.17. The zero-order chi connectivity index (χ0) is 39.2. The Bertz CT molecular complexity index is 2450. The molecule has 2 aromatic heterocycles. The van der Waals surface area contributed by atoms with Gasteiger partial charge >= 0.3 is 0 Å². The van der Waals surface area contributed by atoms with Gasteiger partial charge in [-0.1, -0.05) is 47.7 Å². The summed E-state index contributed by atoms with van der Waals surface area (Å²) in [5.41, 5.74) is 5.85. The Labute approximate surface area is 321 Å². The normalized spacial score (nSPS) is 12.1. The van der Waals surface area contributed by atoms with E-state index in [1.165, 1.54) is 16.7 Å². The number of hydrogen-bond donors (Lipinski definition) is 2. The lowest BCUT2D eigenvalue weighted by molar-refractivity contribution is -0.668. The Balaban J connectivity index is 0.000000230. The topological polar surface area (TPSA) is 121 Å². The van der Waals surface area contributed by atoms with Gasteiger partial charge in [-0.3, -0.25) is 0 Å². The molecule has 10 nitrogen and oxygen atoms in total. The number of fused-ring (bicyclic) bond motifs is 2. The van der Waals surface area contributed by atoms with E-state index in [2.05, 4.69) is 41.7 Å². The summed E-state index contributed by atoms with van der Waals surface area (Å²) in [6.45, 7) is 8.19. The van der Waals surface area contributed by atoms with Gasteiger partial charge in [-0.2, -0.15) is 9.13 Å². The Hall–Kier alpha value is -5.43. The quantitative estimate of drug-likeness (QED) is 0.0796. The number of hydrogen-bond acceptors (Lipinski definition) is 9. The number of phenolic OH excluding ortho intramolecular Hbond substituents is 2. The van der Waals surface area contributed by atoms with Crippen LogP contribution in [-0.4, -0.2) is 57.5 Å². The molecule has 6 rings (SSSR count). The molecule has 282 valence electrons. The lowest BCUT2D eigenvalue weighted by Crippen LogP contribution is -2.38. The van der Waals surface area contributed by atoms with Crippen LogP contribution < -0.4 is 18.9 Å². The Morgan fingerprint density at radius 2 is 1.56 bits per heavy atom. The molecule has 0 aliphatic carbocycles. The molecule has 12 heteroatoms. The number of thiazole rings is 1. The molecule has 0 aliphatic heterocycles. The summed E-state index contributed by atoms with van der Waals surface area (Å²) >= 11 is 1.70. The first-order valence-corrected chi connectivity index (χ1v) is 19.9. The Kier molecular flexibility index (Phi) is 12.6. The third kappa shape index (κ3) is 9.02. The van der Waals surface area contributed by atoms with Crippen LogP contribution >= 0.6 is 11.3 Å². The zero-order valence-corrected chi connectivity index (χ0v) is 33.3. The predicted molar refractivity (Wildman–Crippen MR) is 219 cm³/mol. The number of phenols is 2. The number of methoxy groups -OCH3 is 1. The highest BCUT2D eigenvalue weighted by atomic mass is 32.2. The fraction of sp³-hybridized carbons (Fsp3) is 0.238. The Morgan fingerprint density at radius 1 is 0.889 bits per heavy atom. The summed E-state index contributed by atoms with van der Waals surface area (Å²) in [5, 5.41) is 27.0. The van der Waals surface area contributed by atoms with E-state index >= 15 is 0 Å². The second-order valence-corrected chi connectivity index (χ2v) is 15.2. The average Bonchev–Trinajstić information content (AvgIpc) is 3.58. The molecular formula is C42H47N4O6S2+. The van der Waals surface area contributed by atoms with Gasteiger partial charge < -0.3 is 29.3 Å². The molecule has 0 spiro atoms. The molecule has 0 bridgehead atoms. The number of benzene rings is 4. The Morgan fingerprint density at radius 3 is 2.15 bits per heavy atom. The van der Waals surface area contributed by atoms with Gasteiger partial charge in [0.05, 0.1) is 17.9 Å². The van der Waals surface area contributed by atoms with E-state index in [0.717, 1.165) is 46.4 Å². The lowest BCUT2D eigenvalue weighted by Gasteiger charge is -2.21. The first-order valence-electron chi connectivity index (χ1n) is 17.5. The van der Waals surface area contributed by atoms with Crippen molar-refractivity contribution in [2.24, 2.45) is 7.05 Å². The maximum Gasteiger partial charge on any atom is 0.264 e. The van der Waals surface area contributed by atoms with Crippen LogP contribution in [0.1, 0.15) is 42.5 Å². The van der Waals surface area contributed by atoms with E-state index in [9.17, 15) is 23.2 Å². The van der Waals surface area contributed by atoms with Crippen LogP contribution in [0.3, 0.4) is 0 Å². The minimum atomic E-state index is -4.47. The van der Waals surface area contributed by atoms with Crippen LogP contribution in [0.2, 0.25) is 0 Å². The fourth-order valence-electron chi connectivity index (χ4n) is 6.49. The van der Waals surface area contributed by atoms with E-state index in [-0.39, 0.29) is 5.75 Å². The van der Waals surface area contributed by atoms with E-state index in [1.807, 2.05) is 86.8 Å². The number of anilines is 2. The summed E-state index contributed by atoms with van der Waals surface area (Å²) in [7, 11) is 2.95. The number of rotatable bonds is 11. The van der Waals surface area contributed by atoms with Gasteiger partial charge in [0.25, 0.3) is 5.01 Å². The standard InChI is InChI=1S/C25H24N2O5S.C17H22N2OS/c1-26(2)23-15-24(28)21(17-8-4-5-9-18(17)23)14-25(32-3)20-12-13-27(16-33(29,30)31)22-11-7-6-10-19(20)22;1-5-19(6-2)15-8-7-14(16(20)12-15)11-13(3)17-18(4)9-10-21-17/h4-15H,16H2,1-3H3,(H,29,30,31);7-12H,5-6H2,1-4H3/p+1. The van der Waals surface area contributed by atoms with Crippen LogP contribution in [0.25, 0.3) is 45.2 Å². The van der Waals surface area contributed by atoms with Crippen molar-refractivity contribution in [3.05, 3.63) is 118 Å². The maximum atomic E-state index is 11.4. The van der Waals surface area contributed by atoms with Crippen molar-refractivity contribution in [3.8, 4) is 11.5 Å². The van der Waals surface area contributed by atoms with Crippen LogP contribution in [0, 0.1) is 0 Å². The minimum absolute atomic E-state index is 0.111. The third-order valence-corrected chi connectivity index (χ3v) is 10.8. The van der Waals surface area contributed by atoms with E-state index in [1.54, 1.807) is 47.9 Å². The molecule has 0 fully saturated rings. The summed E-state index contributed by atoms with van der Waals surface area (Å²) in [6.07, 6.45) is 7.40. The molecule has 2 heterocycles. The SMILES string of the molecule is CCN(CC)c1ccc(/C=C(\C)c2scc[n+]2C)c(O)c1.CO/C(=C/c1c(O)cc(N(C)C)c2ccccc12)c1cc[n+](CS(=O)(=O)[O-])c2ccccc12. The second kappa shape index (κ2) is 17.1. The number of nitrogens with zero attached hydrogens (tertiary/aromatic N) is 4. The van der Waals surface area contributed by atoms with Crippen LogP contribution in [0.15, 0.2) is 96.6 Å². The first-order chi connectivity index (χ1) is 25.8. The van der Waals surface area contributed by atoms with Crippen LogP contribution in [0.4, 0.5) is 11.4 Å². The molecule has 4 aromatic carbocycles. The summed E-state index contributed by atoms with van der Waals surface area (Å²) in [5.74, 6) is 0.260. The zero-order valence-electron chi connectivity index (χ0n) is 31.6. The van der Waals surface area contributed by atoms with Crippen molar-refractivity contribution < 1.29 is 37.1 Å². The van der Waals surface area contributed by atoms with Crippen LogP contribution in [-0.2, 0) is 27.8 Å². The predicted octanol–water partition coefficient (Wildman–Crippen LogP) is 7.38. The van der Waals surface area contributed by atoms with Gasteiger partial charge in [0.2, 0.25) is 11.4 Å². The van der Waals surface area contributed by atoms with Crippen molar-refractivity contribution in [2.75, 3.05) is 44.1 Å². The van der Waals surface area contributed by atoms with E-state index < -0.39 is 16.0 Å². The number of para-hydroxylation sites is 1. The van der Waals surface area contributed by atoms with Gasteiger partial charge in [-0.15, -0.1) is 0 Å². The van der Waals surface area contributed by atoms with E-state index in [0.29, 0.717) is 33.5 Å². The lowest BCUT2D eigenvalue weighted by atomic mass is 9.98. The molecular weight excluding hydrogens is 721 g/mol. The molecule has 0 amide bonds. The first kappa shape index (κ1) is 39.8. The largest absolute Gasteiger partial charge is 0.743 e. The van der Waals surface area contributed by atoms with Gasteiger partial charge in [-0.25, -0.2) is 8.42 Å². The number of aromatic hydroxyl groups is 2. The van der Waals surface area contributed by atoms with Gasteiger partial charge in [0, 0.05) is 90.5 Å². The van der Waals surface area contributed by atoms with Crippen molar-refractivity contribution >= 4 is 78.0 Å². The van der Waals surface area contributed by atoms with E-state index in [4.69, 9.17) is 4.74 Å². The smallest absolute Gasteiger partial charge is 0.264 e. The number of aryl methyl sites for hydroxylation is 1. The number of allylic oxidation sites excluding steroid dienone is 1. The fourth-order valence-corrected chi connectivity index (χ4v) is 7.90. The van der Waals surface area contributed by atoms with Gasteiger partial charge in [0.1, 0.15) is 24.3 Å². The van der Waals surface area contributed by atoms with Crippen molar-refractivity contribution in [3.63, 3.8) is 0 Å². The highest BCUT2D eigenvalue weighted by molar-refractivity contribution is 7.84. The molecule has 0 unspecified atom stereocenters. The second-order valence-electron chi connectivity index (χ2n) is 12.9. The van der Waals surface area contributed by atoms with Gasteiger partial charge in [0.15, 0.2) is 22.5 Å². The van der Waals surface area contributed by atoms with Crippen molar-refractivity contribution in [1.29, 1.82) is 0 Å². The summed E-state index contributed by atoms with van der Waals surface area (Å²) in [6, 6.07) is 24.3. The molecule has 0 aliphatic rings.